The molecule has 5 heteroatoms. The molecule has 2 aliphatic rings. The fourth-order valence-corrected chi connectivity index (χ4v) is 3.98. The van der Waals surface area contributed by atoms with Crippen molar-refractivity contribution in [3.8, 4) is 0 Å². The molecule has 1 aromatic carbocycles. The van der Waals surface area contributed by atoms with Crippen molar-refractivity contribution in [3.05, 3.63) is 35.9 Å². The third-order valence-electron chi connectivity index (χ3n) is 5.88. The van der Waals surface area contributed by atoms with Gasteiger partial charge in [-0.3, -0.25) is 9.59 Å². The molecule has 2 amide bonds. The first-order chi connectivity index (χ1) is 12.9. The molecule has 2 N–H and O–H groups in total. The minimum atomic E-state index is -1.05. The second-order valence-corrected chi connectivity index (χ2v) is 8.27. The molecule has 0 unspecified atom stereocenters. The predicted molar refractivity (Wildman–Crippen MR) is 105 cm³/mol. The average Bonchev–Trinajstić information content (AvgIpc) is 3.49. The Morgan fingerprint density at radius 3 is 2.56 bits per heavy atom. The van der Waals surface area contributed by atoms with Crippen molar-refractivity contribution in [2.24, 2.45) is 5.92 Å². The van der Waals surface area contributed by atoms with Crippen LogP contribution in [0.2, 0.25) is 0 Å². The molecule has 3 atom stereocenters. The summed E-state index contributed by atoms with van der Waals surface area (Å²) in [5.74, 6) is 0.174. The Kier molecular flexibility index (Phi) is 6.20. The van der Waals surface area contributed by atoms with Crippen molar-refractivity contribution in [1.82, 2.24) is 10.2 Å². The first-order valence-corrected chi connectivity index (χ1v) is 10.3. The van der Waals surface area contributed by atoms with Gasteiger partial charge >= 0.3 is 0 Å². The Morgan fingerprint density at radius 2 is 1.93 bits per heavy atom. The van der Waals surface area contributed by atoms with Crippen LogP contribution in [0, 0.1) is 5.92 Å². The first kappa shape index (κ1) is 19.9. The van der Waals surface area contributed by atoms with E-state index in [0.29, 0.717) is 19.4 Å². The van der Waals surface area contributed by atoms with Gasteiger partial charge in [-0.2, -0.15) is 0 Å². The Bertz CT molecular complexity index is 655. The summed E-state index contributed by atoms with van der Waals surface area (Å²) in [6.07, 6.45) is 5.79. The van der Waals surface area contributed by atoms with Crippen molar-refractivity contribution in [2.75, 3.05) is 6.54 Å². The molecule has 148 valence electrons. The maximum absolute atomic E-state index is 13.0. The number of amides is 2. The van der Waals surface area contributed by atoms with Crippen LogP contribution in [-0.4, -0.2) is 40.0 Å². The summed E-state index contributed by atoms with van der Waals surface area (Å²) in [6.45, 7) is 4.41. The lowest BCUT2D eigenvalue weighted by atomic mass is 9.79. The van der Waals surface area contributed by atoms with Crippen molar-refractivity contribution >= 4 is 11.8 Å². The van der Waals surface area contributed by atoms with Gasteiger partial charge in [0.15, 0.2) is 0 Å². The van der Waals surface area contributed by atoms with E-state index in [9.17, 15) is 14.7 Å². The summed E-state index contributed by atoms with van der Waals surface area (Å²) < 4.78 is 0. The molecule has 1 aliphatic heterocycles. The second-order valence-electron chi connectivity index (χ2n) is 8.27. The van der Waals surface area contributed by atoms with E-state index in [-0.39, 0.29) is 23.8 Å². The van der Waals surface area contributed by atoms with Crippen molar-refractivity contribution in [3.63, 3.8) is 0 Å². The highest BCUT2D eigenvalue weighted by Gasteiger charge is 2.48. The molecule has 0 aromatic heterocycles. The van der Waals surface area contributed by atoms with Crippen LogP contribution >= 0.6 is 0 Å². The molecule has 1 aliphatic carbocycles. The van der Waals surface area contributed by atoms with Gasteiger partial charge in [0.05, 0.1) is 17.7 Å². The van der Waals surface area contributed by atoms with Gasteiger partial charge in [0, 0.05) is 18.9 Å². The zero-order valence-electron chi connectivity index (χ0n) is 16.5. The highest BCUT2D eigenvalue weighted by molar-refractivity contribution is 5.82. The minimum absolute atomic E-state index is 0.00138. The van der Waals surface area contributed by atoms with Crippen LogP contribution in [0.4, 0.5) is 0 Å². The Hall–Kier alpha value is -1.88. The number of hydrogen-bond donors (Lipinski definition) is 2. The summed E-state index contributed by atoms with van der Waals surface area (Å²) in [4.78, 5) is 27.4. The van der Waals surface area contributed by atoms with E-state index in [4.69, 9.17) is 0 Å². The average molecular weight is 373 g/mol. The fourth-order valence-electron chi connectivity index (χ4n) is 3.98. The maximum Gasteiger partial charge on any atom is 0.223 e. The SMILES string of the molecule is CCCCCC(=O)N1CC[C@@](C)(O)[C@@H](NC(=O)C2CC2)[C@@H]1c1ccccc1. The van der Waals surface area contributed by atoms with E-state index in [1.807, 2.05) is 35.2 Å². The molecule has 3 rings (SSSR count). The lowest BCUT2D eigenvalue weighted by molar-refractivity contribution is -0.146. The van der Waals surface area contributed by atoms with Crippen molar-refractivity contribution < 1.29 is 14.7 Å². The van der Waals surface area contributed by atoms with Gasteiger partial charge in [-0.05, 0) is 38.2 Å². The number of hydrogen-bond acceptors (Lipinski definition) is 3. The van der Waals surface area contributed by atoms with E-state index in [1.165, 1.54) is 0 Å². The summed E-state index contributed by atoms with van der Waals surface area (Å²) in [6, 6.07) is 8.94. The van der Waals surface area contributed by atoms with Crippen LogP contribution < -0.4 is 5.32 Å². The number of nitrogens with zero attached hydrogens (tertiary/aromatic N) is 1. The number of rotatable bonds is 7. The topological polar surface area (TPSA) is 69.6 Å². The van der Waals surface area contributed by atoms with E-state index in [2.05, 4.69) is 12.2 Å². The van der Waals surface area contributed by atoms with Crippen LogP contribution in [0.25, 0.3) is 0 Å². The quantitative estimate of drug-likeness (QED) is 0.722. The zero-order chi connectivity index (χ0) is 19.4. The van der Waals surface area contributed by atoms with Crippen molar-refractivity contribution in [1.29, 1.82) is 0 Å². The summed E-state index contributed by atoms with van der Waals surface area (Å²) in [7, 11) is 0. The van der Waals surface area contributed by atoms with Crippen LogP contribution in [0.3, 0.4) is 0 Å². The van der Waals surface area contributed by atoms with Gasteiger partial charge in [0.25, 0.3) is 0 Å². The number of unbranched alkanes of at least 4 members (excludes halogenated alkanes) is 2. The monoisotopic (exact) mass is 372 g/mol. The summed E-state index contributed by atoms with van der Waals surface area (Å²) in [5, 5.41) is 14.2. The van der Waals surface area contributed by atoms with Gasteiger partial charge in [0.1, 0.15) is 0 Å². The fraction of sp³-hybridized carbons (Fsp3) is 0.636. The van der Waals surface area contributed by atoms with E-state index in [0.717, 1.165) is 37.7 Å². The number of aliphatic hydroxyl groups is 1. The Morgan fingerprint density at radius 1 is 1.22 bits per heavy atom. The molecule has 2 fully saturated rings. The van der Waals surface area contributed by atoms with Crippen molar-refractivity contribution in [2.45, 2.75) is 76.5 Å². The molecule has 1 heterocycles. The molecule has 0 radical (unpaired) electrons. The molecule has 5 nitrogen and oxygen atoms in total. The Balaban J connectivity index is 1.88. The molecule has 0 bridgehead atoms. The molecular formula is C22H32N2O3. The van der Waals surface area contributed by atoms with Gasteiger partial charge < -0.3 is 15.3 Å². The number of piperidine rings is 1. The van der Waals surface area contributed by atoms with E-state index in [1.54, 1.807) is 6.92 Å². The molecular weight excluding hydrogens is 340 g/mol. The highest BCUT2D eigenvalue weighted by Crippen LogP contribution is 2.39. The minimum Gasteiger partial charge on any atom is -0.388 e. The van der Waals surface area contributed by atoms with Crippen LogP contribution in [-0.2, 0) is 9.59 Å². The number of benzene rings is 1. The van der Waals surface area contributed by atoms with Gasteiger partial charge in [-0.15, -0.1) is 0 Å². The van der Waals surface area contributed by atoms with Gasteiger partial charge in [0.2, 0.25) is 11.8 Å². The molecule has 1 saturated carbocycles. The molecule has 1 saturated heterocycles. The van der Waals surface area contributed by atoms with Crippen LogP contribution in [0.1, 0.15) is 70.4 Å². The Labute approximate surface area is 162 Å². The first-order valence-electron chi connectivity index (χ1n) is 10.3. The molecule has 27 heavy (non-hydrogen) atoms. The summed E-state index contributed by atoms with van der Waals surface area (Å²) in [5.41, 5.74) is -0.0898. The highest BCUT2D eigenvalue weighted by atomic mass is 16.3. The number of carbonyl (C=O) groups is 2. The summed E-state index contributed by atoms with van der Waals surface area (Å²) >= 11 is 0. The largest absolute Gasteiger partial charge is 0.388 e. The standard InChI is InChI=1S/C22H32N2O3/c1-3-4-6-11-18(25)24-15-14-22(2,27)20(23-21(26)17-12-13-17)19(24)16-9-7-5-8-10-16/h5,7-10,17,19-20,27H,3-4,6,11-15H2,1-2H3,(H,23,26)/t19-,20-,22+/m0/s1. The lowest BCUT2D eigenvalue weighted by Crippen LogP contribution is -2.63. The van der Waals surface area contributed by atoms with Gasteiger partial charge in [-0.1, -0.05) is 50.1 Å². The van der Waals surface area contributed by atoms with Crippen LogP contribution in [0.5, 0.6) is 0 Å². The maximum atomic E-state index is 13.0. The zero-order valence-corrected chi connectivity index (χ0v) is 16.5. The number of carbonyl (C=O) groups excluding carboxylic acids is 2. The normalized spacial score (nSPS) is 28.0. The third-order valence-corrected chi connectivity index (χ3v) is 5.88. The second kappa shape index (κ2) is 8.42. The number of nitrogens with one attached hydrogen (secondary N) is 1. The predicted octanol–water partition coefficient (Wildman–Crippen LogP) is 3.19. The third kappa shape index (κ3) is 4.70. The molecule has 0 spiro atoms. The molecule has 1 aromatic rings. The van der Waals surface area contributed by atoms with E-state index >= 15 is 0 Å². The van der Waals surface area contributed by atoms with Gasteiger partial charge in [-0.25, -0.2) is 0 Å². The van der Waals surface area contributed by atoms with E-state index < -0.39 is 11.6 Å². The number of likely N-dealkylation sites (tertiary alicyclic amines) is 1. The smallest absolute Gasteiger partial charge is 0.223 e. The lowest BCUT2D eigenvalue weighted by Gasteiger charge is -2.49. The van der Waals surface area contributed by atoms with Crippen LogP contribution in [0.15, 0.2) is 30.3 Å².